The third-order valence-electron chi connectivity index (χ3n) is 7.95. The maximum atomic E-state index is 10.9. The van der Waals surface area contributed by atoms with Gasteiger partial charge in [-0.15, -0.1) is 0 Å². The van der Waals surface area contributed by atoms with Crippen LogP contribution in [-0.2, 0) is 6.42 Å². The molecule has 1 fully saturated rings. The van der Waals surface area contributed by atoms with Gasteiger partial charge in [-0.25, -0.2) is 0 Å². The van der Waals surface area contributed by atoms with Crippen molar-refractivity contribution in [1.82, 2.24) is 0 Å². The van der Waals surface area contributed by atoms with Crippen LogP contribution in [0.3, 0.4) is 0 Å². The van der Waals surface area contributed by atoms with Crippen molar-refractivity contribution in [2.45, 2.75) is 131 Å². The molecule has 1 aliphatic carbocycles. The van der Waals surface area contributed by atoms with Crippen LogP contribution in [0.1, 0.15) is 120 Å². The van der Waals surface area contributed by atoms with Gasteiger partial charge in [0.15, 0.2) is 0 Å². The molecule has 3 N–H and O–H groups in total. The molecular formula is C32H50O3. The molecule has 3 nitrogen and oxygen atoms in total. The van der Waals surface area contributed by atoms with Gasteiger partial charge in [-0.05, 0) is 135 Å². The van der Waals surface area contributed by atoms with Gasteiger partial charge in [0.25, 0.3) is 0 Å². The third-order valence-corrected chi connectivity index (χ3v) is 7.95. The van der Waals surface area contributed by atoms with Gasteiger partial charge in [-0.3, -0.25) is 0 Å². The van der Waals surface area contributed by atoms with Crippen LogP contribution in [0.5, 0.6) is 11.5 Å². The van der Waals surface area contributed by atoms with E-state index in [0.717, 1.165) is 30.4 Å². The molecule has 1 aromatic carbocycles. The zero-order valence-electron chi connectivity index (χ0n) is 23.3. The Morgan fingerprint density at radius 1 is 0.771 bits per heavy atom. The second-order valence-electron chi connectivity index (χ2n) is 11.2. The average molecular weight is 483 g/mol. The predicted molar refractivity (Wildman–Crippen MR) is 149 cm³/mol. The Hall–Kier alpha value is -2.00. The maximum Gasteiger partial charge on any atom is 0.122 e. The van der Waals surface area contributed by atoms with E-state index in [4.69, 9.17) is 0 Å². The Bertz CT molecular complexity index is 894. The fraction of sp³-hybridized carbons (Fsp3) is 0.625. The summed E-state index contributed by atoms with van der Waals surface area (Å²) in [7, 11) is 0. The number of aliphatic hydroxyl groups is 1. The molecular weight excluding hydrogens is 432 g/mol. The van der Waals surface area contributed by atoms with E-state index >= 15 is 0 Å². The van der Waals surface area contributed by atoms with Gasteiger partial charge in [0.2, 0.25) is 0 Å². The number of benzene rings is 1. The van der Waals surface area contributed by atoms with Gasteiger partial charge >= 0.3 is 0 Å². The summed E-state index contributed by atoms with van der Waals surface area (Å²) in [6, 6.07) is 0. The number of phenolic OH excluding ortho intramolecular Hbond substituents is 2. The first-order valence-electron chi connectivity index (χ1n) is 13.7. The van der Waals surface area contributed by atoms with Crippen molar-refractivity contribution in [2.75, 3.05) is 0 Å². The predicted octanol–water partition coefficient (Wildman–Crippen LogP) is 8.83. The molecule has 0 aromatic heterocycles. The molecule has 1 atom stereocenters. The molecule has 0 aliphatic heterocycles. The zero-order chi connectivity index (χ0) is 26.0. The van der Waals surface area contributed by atoms with Crippen molar-refractivity contribution in [3.05, 3.63) is 57.2 Å². The molecule has 2 rings (SSSR count). The molecule has 0 heterocycles. The van der Waals surface area contributed by atoms with Gasteiger partial charge in [-0.1, -0.05) is 41.4 Å². The first-order valence-corrected chi connectivity index (χ1v) is 13.7. The number of hydrogen-bond donors (Lipinski definition) is 3. The fourth-order valence-corrected chi connectivity index (χ4v) is 5.10. The van der Waals surface area contributed by atoms with Crippen molar-refractivity contribution in [3.63, 3.8) is 0 Å². The summed E-state index contributed by atoms with van der Waals surface area (Å²) in [5.41, 5.74) is 6.63. The zero-order valence-corrected chi connectivity index (χ0v) is 23.3. The lowest BCUT2D eigenvalue weighted by molar-refractivity contribution is 0.0431. The van der Waals surface area contributed by atoms with Crippen LogP contribution < -0.4 is 0 Å². The monoisotopic (exact) mass is 482 g/mol. The standard InChI is InChI=1S/C32H50O3/c1-23(15-11-19-28-17-8-7-9-18-28)13-10-14-24(2)16-12-21-32(6,35)22-20-29-27(5)30(33)25(3)26(4)31(29)34/h13,16,19,33-35H,7-12,14-15,17-18,20-22H2,1-6H3/b23-13+,24-16+/t32-/m1/s1. The number of allylic oxidation sites excluding steroid dienone is 6. The first-order chi connectivity index (χ1) is 16.5. The van der Waals surface area contributed by atoms with E-state index in [9.17, 15) is 15.3 Å². The largest absolute Gasteiger partial charge is 0.507 e. The number of hydrogen-bond acceptors (Lipinski definition) is 3. The Balaban J connectivity index is 1.74. The highest BCUT2D eigenvalue weighted by Gasteiger charge is 2.23. The summed E-state index contributed by atoms with van der Waals surface area (Å²) < 4.78 is 0. The van der Waals surface area contributed by atoms with Crippen molar-refractivity contribution < 1.29 is 15.3 Å². The summed E-state index contributed by atoms with van der Waals surface area (Å²) >= 11 is 0. The molecule has 0 radical (unpaired) electrons. The van der Waals surface area contributed by atoms with E-state index in [1.807, 2.05) is 27.7 Å². The average Bonchev–Trinajstić information content (AvgIpc) is 2.82. The molecule has 0 bridgehead atoms. The Labute approximate surface area is 214 Å². The lowest BCUT2D eigenvalue weighted by Crippen LogP contribution is -2.24. The summed E-state index contributed by atoms with van der Waals surface area (Å²) in [6.07, 6.45) is 21.0. The maximum absolute atomic E-state index is 10.9. The lowest BCUT2D eigenvalue weighted by Gasteiger charge is -2.24. The highest BCUT2D eigenvalue weighted by molar-refractivity contribution is 5.56. The molecule has 0 spiro atoms. The van der Waals surface area contributed by atoms with Crippen LogP contribution in [0.2, 0.25) is 0 Å². The van der Waals surface area contributed by atoms with Crippen molar-refractivity contribution >= 4 is 0 Å². The third kappa shape index (κ3) is 9.52. The normalized spacial score (nSPS) is 16.9. The molecule has 0 amide bonds. The van der Waals surface area contributed by atoms with Gasteiger partial charge in [-0.2, -0.15) is 0 Å². The topological polar surface area (TPSA) is 60.7 Å². The summed E-state index contributed by atoms with van der Waals surface area (Å²) in [4.78, 5) is 0. The molecule has 35 heavy (non-hydrogen) atoms. The van der Waals surface area contributed by atoms with E-state index in [-0.39, 0.29) is 11.5 Å². The summed E-state index contributed by atoms with van der Waals surface area (Å²) in [6.45, 7) is 11.8. The van der Waals surface area contributed by atoms with Crippen LogP contribution in [0.25, 0.3) is 0 Å². The summed E-state index contributed by atoms with van der Waals surface area (Å²) in [5.74, 6) is 0.498. The number of phenols is 2. The highest BCUT2D eigenvalue weighted by atomic mass is 16.3. The minimum Gasteiger partial charge on any atom is -0.507 e. The first kappa shape index (κ1) is 29.2. The van der Waals surface area contributed by atoms with Crippen molar-refractivity contribution in [1.29, 1.82) is 0 Å². The van der Waals surface area contributed by atoms with E-state index in [2.05, 4.69) is 32.1 Å². The smallest absolute Gasteiger partial charge is 0.122 e. The Morgan fingerprint density at radius 2 is 1.34 bits per heavy atom. The minimum atomic E-state index is -0.812. The van der Waals surface area contributed by atoms with E-state index in [1.54, 1.807) is 5.57 Å². The number of aromatic hydroxyl groups is 2. The van der Waals surface area contributed by atoms with E-state index in [0.29, 0.717) is 30.4 Å². The second kappa shape index (κ2) is 13.9. The minimum absolute atomic E-state index is 0.248. The van der Waals surface area contributed by atoms with E-state index < -0.39 is 5.60 Å². The molecule has 1 saturated carbocycles. The molecule has 0 unspecified atom stereocenters. The van der Waals surface area contributed by atoms with Crippen molar-refractivity contribution in [2.24, 2.45) is 0 Å². The Kier molecular flexibility index (Phi) is 11.6. The number of rotatable bonds is 12. The van der Waals surface area contributed by atoms with Gasteiger partial charge < -0.3 is 15.3 Å². The fourth-order valence-electron chi connectivity index (χ4n) is 5.10. The van der Waals surface area contributed by atoms with Crippen LogP contribution in [0.4, 0.5) is 0 Å². The lowest BCUT2D eigenvalue weighted by atomic mass is 9.88. The van der Waals surface area contributed by atoms with Crippen molar-refractivity contribution in [3.8, 4) is 11.5 Å². The van der Waals surface area contributed by atoms with Crippen LogP contribution in [-0.4, -0.2) is 20.9 Å². The molecule has 3 heteroatoms. The SMILES string of the molecule is C/C(=C\CC/C(C)=C/CC[C@@](C)(O)CCc1c(C)c(O)c(C)c(C)c1O)CCC=C1CCCCC1. The molecule has 1 aromatic rings. The van der Waals surface area contributed by atoms with Crippen LogP contribution in [0.15, 0.2) is 34.9 Å². The second-order valence-corrected chi connectivity index (χ2v) is 11.2. The van der Waals surface area contributed by atoms with Gasteiger partial charge in [0, 0.05) is 5.56 Å². The highest BCUT2D eigenvalue weighted by Crippen LogP contribution is 2.37. The Morgan fingerprint density at radius 3 is 2.00 bits per heavy atom. The van der Waals surface area contributed by atoms with E-state index in [1.165, 1.54) is 56.1 Å². The van der Waals surface area contributed by atoms with Gasteiger partial charge in [0.05, 0.1) is 5.60 Å². The molecule has 1 aliphatic rings. The van der Waals surface area contributed by atoms with Crippen LogP contribution >= 0.6 is 0 Å². The summed E-state index contributed by atoms with van der Waals surface area (Å²) in [5, 5.41) is 31.8. The quantitative estimate of drug-likeness (QED) is 0.206. The van der Waals surface area contributed by atoms with Crippen LogP contribution in [0, 0.1) is 20.8 Å². The van der Waals surface area contributed by atoms with Gasteiger partial charge in [0.1, 0.15) is 11.5 Å². The molecule has 196 valence electrons. The molecule has 0 saturated heterocycles.